The molecule has 0 radical (unpaired) electrons. The third kappa shape index (κ3) is 1.56. The van der Waals surface area contributed by atoms with E-state index in [9.17, 15) is 15.8 Å². The molecule has 3 rings (SSSR count). The number of hydrogen-bond acceptors (Lipinski definition) is 6. The van der Waals surface area contributed by atoms with Crippen molar-refractivity contribution >= 4 is 5.90 Å². The molecule has 6 heteroatoms. The van der Waals surface area contributed by atoms with Gasteiger partial charge in [0.15, 0.2) is 10.8 Å². The Hall–Kier alpha value is -2.10. The Labute approximate surface area is 136 Å². The number of nitrogens with zero attached hydrogens (tertiary/aromatic N) is 3. The van der Waals surface area contributed by atoms with Gasteiger partial charge in [-0.3, -0.25) is 5.41 Å². The minimum Gasteiger partial charge on any atom is -0.447 e. The maximum atomic E-state index is 10.0. The summed E-state index contributed by atoms with van der Waals surface area (Å²) in [6.45, 7) is 5.81. The highest BCUT2D eigenvalue weighted by molar-refractivity contribution is 5.89. The van der Waals surface area contributed by atoms with Crippen LogP contribution in [0.15, 0.2) is 0 Å². The van der Waals surface area contributed by atoms with Crippen molar-refractivity contribution in [3.63, 3.8) is 0 Å². The van der Waals surface area contributed by atoms with E-state index < -0.39 is 28.6 Å². The highest BCUT2D eigenvalue weighted by Crippen LogP contribution is 2.67. The van der Waals surface area contributed by atoms with Crippen LogP contribution in [0.2, 0.25) is 0 Å². The van der Waals surface area contributed by atoms with Gasteiger partial charge in [-0.1, -0.05) is 20.8 Å². The molecule has 23 heavy (non-hydrogen) atoms. The fraction of sp³-hybridized carbons (Fsp3) is 0.765. The van der Waals surface area contributed by atoms with E-state index in [2.05, 4.69) is 25.1 Å². The summed E-state index contributed by atoms with van der Waals surface area (Å²) >= 11 is 0. The van der Waals surface area contributed by atoms with Crippen molar-refractivity contribution in [2.24, 2.45) is 28.6 Å². The van der Waals surface area contributed by atoms with Crippen LogP contribution in [0.3, 0.4) is 0 Å². The monoisotopic (exact) mass is 312 g/mol. The van der Waals surface area contributed by atoms with Crippen molar-refractivity contribution in [2.75, 3.05) is 0 Å². The summed E-state index contributed by atoms with van der Waals surface area (Å²) in [6, 6.07) is 6.30. The molecule has 2 saturated heterocycles. The molecule has 2 aliphatic heterocycles. The van der Waals surface area contributed by atoms with Gasteiger partial charge in [0.05, 0.1) is 30.2 Å². The molecule has 0 aromatic rings. The van der Waals surface area contributed by atoms with Crippen LogP contribution in [-0.2, 0) is 9.47 Å². The lowest BCUT2D eigenvalue weighted by Crippen LogP contribution is -2.65. The standard InChI is InChI=1S/C17H20N4O2/c1-10(2)13-15(7-18,8-19)16(9-20)12-6-11(3)4-5-17(12,22-13)23-14(16)21/h10-13,21H,4-6H2,1-3H3. The first kappa shape index (κ1) is 15.8. The van der Waals surface area contributed by atoms with Gasteiger partial charge < -0.3 is 9.47 Å². The van der Waals surface area contributed by atoms with Crippen LogP contribution >= 0.6 is 0 Å². The molecule has 1 saturated carbocycles. The highest BCUT2D eigenvalue weighted by Gasteiger charge is 2.80. The summed E-state index contributed by atoms with van der Waals surface area (Å²) in [4.78, 5) is 0. The number of nitriles is 3. The molecule has 5 unspecified atom stereocenters. The van der Waals surface area contributed by atoms with Crippen LogP contribution in [0.5, 0.6) is 0 Å². The van der Waals surface area contributed by atoms with Crippen molar-refractivity contribution in [1.82, 2.24) is 0 Å². The van der Waals surface area contributed by atoms with E-state index >= 15 is 0 Å². The Morgan fingerprint density at radius 2 is 1.87 bits per heavy atom. The lowest BCUT2D eigenvalue weighted by Gasteiger charge is -2.53. The van der Waals surface area contributed by atoms with Gasteiger partial charge in [0.25, 0.3) is 0 Å². The molecule has 0 aromatic heterocycles. The van der Waals surface area contributed by atoms with Crippen molar-refractivity contribution in [2.45, 2.75) is 51.9 Å². The average molecular weight is 312 g/mol. The van der Waals surface area contributed by atoms with Gasteiger partial charge in [-0.25, -0.2) is 0 Å². The summed E-state index contributed by atoms with van der Waals surface area (Å²) in [5.74, 6) is -1.57. The normalized spacial score (nSPS) is 43.7. The van der Waals surface area contributed by atoms with Crippen molar-refractivity contribution in [1.29, 1.82) is 21.2 Å². The molecule has 0 aromatic carbocycles. The summed E-state index contributed by atoms with van der Waals surface area (Å²) < 4.78 is 12.0. The second-order valence-corrected chi connectivity index (χ2v) is 7.41. The maximum Gasteiger partial charge on any atom is 0.217 e. The summed E-state index contributed by atoms with van der Waals surface area (Å²) in [5.41, 5.74) is -3.28. The molecule has 6 nitrogen and oxygen atoms in total. The quantitative estimate of drug-likeness (QED) is 0.799. The predicted molar refractivity (Wildman–Crippen MR) is 79.5 cm³/mol. The molecule has 0 spiro atoms. The Morgan fingerprint density at radius 3 is 2.39 bits per heavy atom. The van der Waals surface area contributed by atoms with E-state index in [1.54, 1.807) is 0 Å². The highest BCUT2D eigenvalue weighted by atomic mass is 16.7. The topological polar surface area (TPSA) is 114 Å². The first-order chi connectivity index (χ1) is 10.8. The van der Waals surface area contributed by atoms with Crippen LogP contribution < -0.4 is 0 Å². The van der Waals surface area contributed by atoms with Gasteiger partial charge in [0, 0.05) is 6.42 Å². The van der Waals surface area contributed by atoms with Gasteiger partial charge in [-0.05, 0) is 24.7 Å². The van der Waals surface area contributed by atoms with E-state index in [0.29, 0.717) is 18.8 Å². The van der Waals surface area contributed by atoms with Crippen molar-refractivity contribution in [3.05, 3.63) is 0 Å². The zero-order valence-electron chi connectivity index (χ0n) is 13.6. The molecule has 3 fully saturated rings. The fourth-order valence-electron chi connectivity index (χ4n) is 4.69. The predicted octanol–water partition coefficient (Wildman–Crippen LogP) is 2.72. The molecule has 2 bridgehead atoms. The first-order valence-electron chi connectivity index (χ1n) is 8.03. The van der Waals surface area contributed by atoms with Gasteiger partial charge in [-0.2, -0.15) is 15.8 Å². The number of nitrogens with one attached hydrogen (secondary N) is 1. The molecule has 1 aliphatic carbocycles. The molecule has 120 valence electrons. The minimum absolute atomic E-state index is 0.145. The van der Waals surface area contributed by atoms with Gasteiger partial charge in [0.2, 0.25) is 11.7 Å². The van der Waals surface area contributed by atoms with Crippen LogP contribution in [0.4, 0.5) is 0 Å². The van der Waals surface area contributed by atoms with E-state index in [-0.39, 0.29) is 11.8 Å². The van der Waals surface area contributed by atoms with Crippen LogP contribution in [0, 0.1) is 68.0 Å². The average Bonchev–Trinajstić information content (AvgIpc) is 2.72. The van der Waals surface area contributed by atoms with Crippen LogP contribution in [0.1, 0.15) is 40.0 Å². The second kappa shape index (κ2) is 4.70. The minimum atomic E-state index is -1.73. The molecular weight excluding hydrogens is 292 g/mol. The number of rotatable bonds is 1. The van der Waals surface area contributed by atoms with Crippen molar-refractivity contribution < 1.29 is 9.47 Å². The molecule has 2 heterocycles. The third-order valence-corrected chi connectivity index (χ3v) is 5.82. The summed E-state index contributed by atoms with van der Waals surface area (Å²) in [7, 11) is 0. The lowest BCUT2D eigenvalue weighted by molar-refractivity contribution is -0.303. The van der Waals surface area contributed by atoms with Crippen molar-refractivity contribution in [3.8, 4) is 18.2 Å². The van der Waals surface area contributed by atoms with E-state index in [1.165, 1.54) is 0 Å². The molecule has 5 atom stereocenters. The lowest BCUT2D eigenvalue weighted by atomic mass is 9.50. The molecule has 1 N–H and O–H groups in total. The SMILES string of the molecule is CC1CCC23OC(=N)C(C#N)(C2C1)C(C#N)(C#N)C(C(C)C)O3. The van der Waals surface area contributed by atoms with Crippen LogP contribution in [-0.4, -0.2) is 17.8 Å². The van der Waals surface area contributed by atoms with E-state index in [0.717, 1.165) is 6.42 Å². The molecule has 0 amide bonds. The molecule has 3 aliphatic rings. The Morgan fingerprint density at radius 1 is 1.22 bits per heavy atom. The maximum absolute atomic E-state index is 10.0. The summed E-state index contributed by atoms with van der Waals surface area (Å²) in [6.07, 6.45) is 1.32. The first-order valence-corrected chi connectivity index (χ1v) is 8.03. The second-order valence-electron chi connectivity index (χ2n) is 7.41. The third-order valence-electron chi connectivity index (χ3n) is 5.82. The Balaban J connectivity index is 2.30. The fourth-order valence-corrected chi connectivity index (χ4v) is 4.69. The number of ether oxygens (including phenoxy) is 2. The van der Waals surface area contributed by atoms with Crippen LogP contribution in [0.25, 0.3) is 0 Å². The summed E-state index contributed by atoms with van der Waals surface area (Å²) in [5, 5.41) is 38.2. The van der Waals surface area contributed by atoms with Gasteiger partial charge in [0.1, 0.15) is 0 Å². The van der Waals surface area contributed by atoms with E-state index in [4.69, 9.17) is 14.9 Å². The Kier molecular flexibility index (Phi) is 3.22. The Bertz CT molecular complexity index is 668. The molecular formula is C17H20N4O2. The van der Waals surface area contributed by atoms with E-state index in [1.807, 2.05) is 13.8 Å². The smallest absolute Gasteiger partial charge is 0.217 e. The zero-order chi connectivity index (χ0) is 17.0. The zero-order valence-corrected chi connectivity index (χ0v) is 13.6. The van der Waals surface area contributed by atoms with Gasteiger partial charge >= 0.3 is 0 Å². The number of hydrogen-bond donors (Lipinski definition) is 1. The largest absolute Gasteiger partial charge is 0.447 e. The van der Waals surface area contributed by atoms with Gasteiger partial charge in [-0.15, -0.1) is 0 Å².